The van der Waals surface area contributed by atoms with Crippen LogP contribution in [-0.2, 0) is 0 Å². The molecular formula is C16H17BrN2O3. The van der Waals surface area contributed by atoms with E-state index in [9.17, 15) is 4.79 Å². The van der Waals surface area contributed by atoms with E-state index < -0.39 is 0 Å². The molecule has 0 unspecified atom stereocenters. The number of hydrogen-bond acceptors (Lipinski definition) is 3. The lowest BCUT2D eigenvalue weighted by Gasteiger charge is -2.14. The van der Waals surface area contributed by atoms with Gasteiger partial charge in [-0.1, -0.05) is 17.7 Å². The van der Waals surface area contributed by atoms with E-state index in [1.165, 1.54) is 7.11 Å². The van der Waals surface area contributed by atoms with E-state index in [2.05, 4.69) is 26.6 Å². The first-order valence-electron chi connectivity index (χ1n) is 6.59. The Bertz CT molecular complexity index is 672. The minimum absolute atomic E-state index is 0.355. The summed E-state index contributed by atoms with van der Waals surface area (Å²) in [7, 11) is 3.10. The maximum absolute atomic E-state index is 12.1. The summed E-state index contributed by atoms with van der Waals surface area (Å²) in [5.74, 6) is 1.14. The molecule has 0 saturated carbocycles. The van der Waals surface area contributed by atoms with Crippen molar-refractivity contribution in [2.24, 2.45) is 0 Å². The van der Waals surface area contributed by atoms with Gasteiger partial charge < -0.3 is 20.1 Å². The van der Waals surface area contributed by atoms with Crippen LogP contribution in [0.1, 0.15) is 5.56 Å². The molecule has 0 aliphatic heterocycles. The van der Waals surface area contributed by atoms with E-state index in [1.807, 2.05) is 31.2 Å². The first-order valence-corrected chi connectivity index (χ1v) is 7.39. The molecule has 0 heterocycles. The maximum atomic E-state index is 12.1. The number of ether oxygens (including phenoxy) is 2. The fourth-order valence-electron chi connectivity index (χ4n) is 1.88. The number of anilines is 2. The molecule has 0 saturated heterocycles. The minimum atomic E-state index is -0.355. The third-order valence-electron chi connectivity index (χ3n) is 3.03. The number of aryl methyl sites for hydroxylation is 1. The third kappa shape index (κ3) is 3.92. The van der Waals surface area contributed by atoms with Crippen LogP contribution in [0.5, 0.6) is 11.5 Å². The summed E-state index contributed by atoms with van der Waals surface area (Å²) in [6, 6.07) is 10.6. The van der Waals surface area contributed by atoms with Gasteiger partial charge in [-0.3, -0.25) is 0 Å². The topological polar surface area (TPSA) is 59.6 Å². The molecule has 2 aromatic carbocycles. The van der Waals surface area contributed by atoms with E-state index in [0.29, 0.717) is 22.9 Å². The van der Waals surface area contributed by atoms with Crippen LogP contribution >= 0.6 is 15.9 Å². The lowest BCUT2D eigenvalue weighted by molar-refractivity contribution is 0.262. The summed E-state index contributed by atoms with van der Waals surface area (Å²) >= 11 is 3.38. The van der Waals surface area contributed by atoms with Gasteiger partial charge in [-0.05, 0) is 35.0 Å². The van der Waals surface area contributed by atoms with Gasteiger partial charge in [-0.25, -0.2) is 4.79 Å². The van der Waals surface area contributed by atoms with Gasteiger partial charge in [0.15, 0.2) is 0 Å². The number of amides is 2. The fourth-order valence-corrected chi connectivity index (χ4v) is 2.36. The second-order valence-corrected chi connectivity index (χ2v) is 5.49. The van der Waals surface area contributed by atoms with Crippen molar-refractivity contribution in [3.05, 3.63) is 46.4 Å². The number of nitrogens with one attached hydrogen (secondary N) is 2. The number of rotatable bonds is 4. The summed E-state index contributed by atoms with van der Waals surface area (Å²) in [6.07, 6.45) is 0. The molecule has 2 aromatic rings. The Morgan fingerprint density at radius 1 is 1.00 bits per heavy atom. The molecule has 0 aliphatic rings. The highest BCUT2D eigenvalue weighted by molar-refractivity contribution is 9.10. The van der Waals surface area contributed by atoms with Crippen LogP contribution in [0.2, 0.25) is 0 Å². The summed E-state index contributed by atoms with van der Waals surface area (Å²) < 4.78 is 11.2. The maximum Gasteiger partial charge on any atom is 0.323 e. The molecule has 0 bridgehead atoms. The summed E-state index contributed by atoms with van der Waals surface area (Å²) in [4.78, 5) is 12.1. The van der Waals surface area contributed by atoms with Crippen molar-refractivity contribution in [2.45, 2.75) is 6.92 Å². The molecule has 0 fully saturated rings. The first kappa shape index (κ1) is 16.2. The number of benzene rings is 2. The molecule has 0 aromatic heterocycles. The Kier molecular flexibility index (Phi) is 5.27. The van der Waals surface area contributed by atoms with Crippen LogP contribution in [0.15, 0.2) is 40.9 Å². The van der Waals surface area contributed by atoms with Gasteiger partial charge in [0, 0.05) is 17.8 Å². The van der Waals surface area contributed by atoms with Crippen LogP contribution in [0, 0.1) is 6.92 Å². The Labute approximate surface area is 137 Å². The average Bonchev–Trinajstić information content (AvgIpc) is 2.50. The lowest BCUT2D eigenvalue weighted by atomic mass is 10.2. The molecule has 116 valence electrons. The zero-order chi connectivity index (χ0) is 16.1. The predicted molar refractivity (Wildman–Crippen MR) is 91.1 cm³/mol. The van der Waals surface area contributed by atoms with Crippen LogP contribution in [0.4, 0.5) is 16.2 Å². The van der Waals surface area contributed by atoms with E-state index >= 15 is 0 Å². The predicted octanol–water partition coefficient (Wildman–Crippen LogP) is 4.42. The van der Waals surface area contributed by atoms with Gasteiger partial charge in [-0.2, -0.15) is 0 Å². The molecule has 5 nitrogen and oxygen atoms in total. The number of methoxy groups -OCH3 is 2. The van der Waals surface area contributed by atoms with Crippen molar-refractivity contribution in [1.29, 1.82) is 0 Å². The number of hydrogen-bond donors (Lipinski definition) is 2. The average molecular weight is 365 g/mol. The lowest BCUT2D eigenvalue weighted by Crippen LogP contribution is -2.19. The second-order valence-electron chi connectivity index (χ2n) is 4.63. The van der Waals surface area contributed by atoms with Crippen molar-refractivity contribution in [2.75, 3.05) is 24.9 Å². The Balaban J connectivity index is 2.15. The zero-order valence-corrected chi connectivity index (χ0v) is 14.2. The van der Waals surface area contributed by atoms with Crippen molar-refractivity contribution >= 4 is 33.3 Å². The highest BCUT2D eigenvalue weighted by atomic mass is 79.9. The van der Waals surface area contributed by atoms with Crippen LogP contribution in [0.3, 0.4) is 0 Å². The van der Waals surface area contributed by atoms with Crippen LogP contribution in [-0.4, -0.2) is 20.3 Å². The van der Waals surface area contributed by atoms with E-state index in [-0.39, 0.29) is 6.03 Å². The number of carbonyl (C=O) groups is 1. The molecule has 2 rings (SSSR count). The Hall–Kier alpha value is -2.21. The van der Waals surface area contributed by atoms with Gasteiger partial charge >= 0.3 is 6.03 Å². The van der Waals surface area contributed by atoms with Gasteiger partial charge in [0.25, 0.3) is 0 Å². The molecule has 2 amide bonds. The van der Waals surface area contributed by atoms with Crippen molar-refractivity contribution < 1.29 is 14.3 Å². The van der Waals surface area contributed by atoms with Crippen molar-refractivity contribution in [3.63, 3.8) is 0 Å². The number of urea groups is 1. The molecule has 0 radical (unpaired) electrons. The van der Waals surface area contributed by atoms with Crippen molar-refractivity contribution in [1.82, 2.24) is 0 Å². The molecule has 0 spiro atoms. The fraction of sp³-hybridized carbons (Fsp3) is 0.188. The van der Waals surface area contributed by atoms with Gasteiger partial charge in [0.05, 0.1) is 24.4 Å². The quantitative estimate of drug-likeness (QED) is 0.843. The minimum Gasteiger partial charge on any atom is -0.495 e. The van der Waals surface area contributed by atoms with Crippen LogP contribution < -0.4 is 20.1 Å². The molecule has 2 N–H and O–H groups in total. The summed E-state index contributed by atoms with van der Waals surface area (Å²) in [5, 5.41) is 5.51. The van der Waals surface area contributed by atoms with E-state index in [1.54, 1.807) is 19.2 Å². The SMILES string of the molecule is COc1cc(NC(=O)Nc2ccc(C)cc2)c(OC)cc1Br. The van der Waals surface area contributed by atoms with E-state index in [4.69, 9.17) is 9.47 Å². The molecule has 0 atom stereocenters. The first-order chi connectivity index (χ1) is 10.5. The largest absolute Gasteiger partial charge is 0.495 e. The van der Waals surface area contributed by atoms with Gasteiger partial charge in [0.1, 0.15) is 11.5 Å². The van der Waals surface area contributed by atoms with Crippen molar-refractivity contribution in [3.8, 4) is 11.5 Å². The number of carbonyl (C=O) groups excluding carboxylic acids is 1. The molecule has 22 heavy (non-hydrogen) atoms. The molecular weight excluding hydrogens is 348 g/mol. The smallest absolute Gasteiger partial charge is 0.323 e. The third-order valence-corrected chi connectivity index (χ3v) is 3.65. The van der Waals surface area contributed by atoms with Gasteiger partial charge in [-0.15, -0.1) is 0 Å². The van der Waals surface area contributed by atoms with Crippen LogP contribution in [0.25, 0.3) is 0 Å². The molecule has 0 aliphatic carbocycles. The Morgan fingerprint density at radius 3 is 2.23 bits per heavy atom. The standard InChI is InChI=1S/C16H17BrN2O3/c1-10-4-6-11(7-5-10)18-16(20)19-13-9-14(21-2)12(17)8-15(13)22-3/h4-9H,1-3H3,(H2,18,19,20). The normalized spacial score (nSPS) is 10.0. The summed E-state index contributed by atoms with van der Waals surface area (Å²) in [6.45, 7) is 1.99. The van der Waals surface area contributed by atoms with Gasteiger partial charge in [0.2, 0.25) is 0 Å². The monoisotopic (exact) mass is 364 g/mol. The highest BCUT2D eigenvalue weighted by Gasteiger charge is 2.12. The summed E-state index contributed by atoms with van der Waals surface area (Å²) in [5.41, 5.74) is 2.36. The highest BCUT2D eigenvalue weighted by Crippen LogP contribution is 2.36. The van der Waals surface area contributed by atoms with E-state index in [0.717, 1.165) is 10.0 Å². The molecule has 6 heteroatoms. The Morgan fingerprint density at radius 2 is 1.64 bits per heavy atom. The zero-order valence-electron chi connectivity index (χ0n) is 12.6. The second kappa shape index (κ2) is 7.17. The number of halogens is 1.